The lowest BCUT2D eigenvalue weighted by molar-refractivity contribution is -0.137. The van der Waals surface area contributed by atoms with E-state index >= 15 is 0 Å². The minimum Gasteiger partial charge on any atom is -0.497 e. The van der Waals surface area contributed by atoms with Gasteiger partial charge in [0.05, 0.1) is 35.5 Å². The third-order valence-electron chi connectivity index (χ3n) is 6.60. The smallest absolute Gasteiger partial charge is 0.416 e. The Morgan fingerprint density at radius 2 is 1.72 bits per heavy atom. The number of nitrogens with one attached hydrogen (secondary N) is 1. The number of ether oxygens (including phenoxy) is 1. The summed E-state index contributed by atoms with van der Waals surface area (Å²) in [4.78, 5) is 26.3. The van der Waals surface area contributed by atoms with E-state index in [9.17, 15) is 22.8 Å². The summed E-state index contributed by atoms with van der Waals surface area (Å²) >= 11 is 0. The molecule has 0 aliphatic heterocycles. The van der Waals surface area contributed by atoms with Crippen molar-refractivity contribution in [2.24, 2.45) is 0 Å². The van der Waals surface area contributed by atoms with Gasteiger partial charge in [0.15, 0.2) is 0 Å². The highest BCUT2D eigenvalue weighted by atomic mass is 19.4. The van der Waals surface area contributed by atoms with Crippen LogP contribution >= 0.6 is 0 Å². The summed E-state index contributed by atoms with van der Waals surface area (Å²) < 4.78 is 47.0. The van der Waals surface area contributed by atoms with Gasteiger partial charge in [-0.2, -0.15) is 18.4 Å². The van der Waals surface area contributed by atoms with Crippen molar-refractivity contribution >= 4 is 16.8 Å². The van der Waals surface area contributed by atoms with Gasteiger partial charge >= 0.3 is 6.18 Å². The molecule has 0 aliphatic carbocycles. The number of carbonyl (C=O) groups is 1. The average molecular weight is 531 g/mol. The van der Waals surface area contributed by atoms with Gasteiger partial charge in [-0.1, -0.05) is 0 Å². The van der Waals surface area contributed by atoms with Crippen LogP contribution in [0.4, 0.5) is 13.2 Å². The highest BCUT2D eigenvalue weighted by molar-refractivity contribution is 6.04. The molecule has 0 aliphatic rings. The number of nitrogens with zero attached hydrogens (tertiary/aromatic N) is 3. The fourth-order valence-corrected chi connectivity index (χ4v) is 4.61. The molecule has 0 amide bonds. The van der Waals surface area contributed by atoms with Gasteiger partial charge in [-0.05, 0) is 79.2 Å². The summed E-state index contributed by atoms with van der Waals surface area (Å²) in [6.45, 7) is 1.80. The second kappa shape index (κ2) is 9.68. The minimum absolute atomic E-state index is 0.242. The molecular formula is C29H21F3N4O3. The number of benzene rings is 3. The Balaban J connectivity index is 1.56. The zero-order valence-electron chi connectivity index (χ0n) is 20.8. The van der Waals surface area contributed by atoms with Gasteiger partial charge in [-0.25, -0.2) is 4.68 Å². The molecule has 3 aromatic carbocycles. The Hall–Kier alpha value is -5.04. The SMILES string of the molecule is COc1ccc2c(c1)c(Cc1cc(=O)n(-c3ccc(C(F)(F)F)cc3)[nH]1)c(C)n2C(=O)c1ccc(C#N)cc1. The second-order valence-corrected chi connectivity index (χ2v) is 8.95. The molecule has 0 bridgehead atoms. The Morgan fingerprint density at radius 1 is 1.03 bits per heavy atom. The first kappa shape index (κ1) is 25.6. The molecular weight excluding hydrogens is 509 g/mol. The molecule has 0 saturated heterocycles. The number of fused-ring (bicyclic) bond motifs is 1. The first-order valence-electron chi connectivity index (χ1n) is 11.8. The predicted octanol–water partition coefficient (Wildman–Crippen LogP) is 5.61. The second-order valence-electron chi connectivity index (χ2n) is 8.95. The average Bonchev–Trinajstić information content (AvgIpc) is 3.43. The quantitative estimate of drug-likeness (QED) is 0.320. The first-order valence-corrected chi connectivity index (χ1v) is 11.8. The molecule has 39 heavy (non-hydrogen) atoms. The number of halogens is 3. The Morgan fingerprint density at radius 3 is 2.33 bits per heavy atom. The van der Waals surface area contributed by atoms with E-state index in [-0.39, 0.29) is 18.0 Å². The number of hydrogen-bond donors (Lipinski definition) is 1. The highest BCUT2D eigenvalue weighted by Gasteiger charge is 2.30. The van der Waals surface area contributed by atoms with Gasteiger partial charge in [0.2, 0.25) is 0 Å². The van der Waals surface area contributed by atoms with Gasteiger partial charge in [0.25, 0.3) is 11.5 Å². The van der Waals surface area contributed by atoms with Crippen LogP contribution < -0.4 is 10.3 Å². The largest absolute Gasteiger partial charge is 0.497 e. The number of methoxy groups -OCH3 is 1. The van der Waals surface area contributed by atoms with Gasteiger partial charge in [-0.3, -0.25) is 19.3 Å². The van der Waals surface area contributed by atoms with Crippen molar-refractivity contribution < 1.29 is 22.7 Å². The highest BCUT2D eigenvalue weighted by Crippen LogP contribution is 2.32. The number of aromatic amines is 1. The maximum absolute atomic E-state index is 13.5. The Bertz CT molecular complexity index is 1800. The number of rotatable bonds is 5. The number of H-pyrrole nitrogens is 1. The first-order chi connectivity index (χ1) is 18.6. The molecule has 7 nitrogen and oxygen atoms in total. The molecule has 0 spiro atoms. The number of hydrogen-bond acceptors (Lipinski definition) is 4. The van der Waals surface area contributed by atoms with Crippen molar-refractivity contribution in [1.29, 1.82) is 5.26 Å². The molecule has 10 heteroatoms. The third kappa shape index (κ3) is 4.70. The summed E-state index contributed by atoms with van der Waals surface area (Å²) in [6, 6.07) is 19.4. The molecule has 0 saturated carbocycles. The van der Waals surface area contributed by atoms with Crippen LogP contribution in [0.5, 0.6) is 5.75 Å². The van der Waals surface area contributed by atoms with E-state index in [1.165, 1.54) is 30.0 Å². The van der Waals surface area contributed by atoms with Crippen LogP contribution in [0, 0.1) is 18.3 Å². The monoisotopic (exact) mass is 530 g/mol. The van der Waals surface area contributed by atoms with Crippen LogP contribution in [0.1, 0.15) is 38.4 Å². The van der Waals surface area contributed by atoms with E-state index in [0.717, 1.165) is 23.1 Å². The van der Waals surface area contributed by atoms with Crippen LogP contribution in [0.2, 0.25) is 0 Å². The molecule has 196 valence electrons. The van der Waals surface area contributed by atoms with E-state index in [1.807, 2.05) is 12.1 Å². The predicted molar refractivity (Wildman–Crippen MR) is 138 cm³/mol. The van der Waals surface area contributed by atoms with E-state index in [2.05, 4.69) is 5.10 Å². The molecule has 5 rings (SSSR count). The molecule has 0 radical (unpaired) electrons. The van der Waals surface area contributed by atoms with Crippen molar-refractivity contribution in [3.05, 3.63) is 117 Å². The molecule has 2 heterocycles. The number of alkyl halides is 3. The minimum atomic E-state index is -4.48. The molecule has 2 aromatic heterocycles. The van der Waals surface area contributed by atoms with E-state index in [0.29, 0.717) is 33.8 Å². The molecule has 0 unspecified atom stereocenters. The molecule has 1 N–H and O–H groups in total. The van der Waals surface area contributed by atoms with Crippen LogP contribution in [0.3, 0.4) is 0 Å². The van der Waals surface area contributed by atoms with Crippen LogP contribution in [-0.4, -0.2) is 27.4 Å². The summed E-state index contributed by atoms with van der Waals surface area (Å²) in [5.41, 5.74) is 2.43. The van der Waals surface area contributed by atoms with Crippen molar-refractivity contribution in [3.8, 4) is 17.5 Å². The van der Waals surface area contributed by atoms with Crippen molar-refractivity contribution in [1.82, 2.24) is 14.3 Å². The lowest BCUT2D eigenvalue weighted by Crippen LogP contribution is -2.14. The zero-order chi connectivity index (χ0) is 27.9. The topological polar surface area (TPSA) is 92.8 Å². The Kier molecular flexibility index (Phi) is 6.36. The van der Waals surface area contributed by atoms with Crippen LogP contribution in [-0.2, 0) is 12.6 Å². The maximum atomic E-state index is 13.5. The summed E-state index contributed by atoms with van der Waals surface area (Å²) in [7, 11) is 1.54. The van der Waals surface area contributed by atoms with E-state index in [4.69, 9.17) is 10.00 Å². The van der Waals surface area contributed by atoms with Crippen molar-refractivity contribution in [2.75, 3.05) is 7.11 Å². The standard InChI is InChI=1S/C29H21F3N4O3/c1-17-24(13-21-14-27(37)36(34-21)22-9-7-20(8-10-22)29(30,31)32)25-15-23(39-2)11-12-26(25)35(17)28(38)19-5-3-18(16-33)4-6-19/h3-12,14-15,34H,13H2,1-2H3. The van der Waals surface area contributed by atoms with Crippen LogP contribution in [0.25, 0.3) is 16.6 Å². The fourth-order valence-electron chi connectivity index (χ4n) is 4.61. The summed E-state index contributed by atoms with van der Waals surface area (Å²) in [5.74, 6) is 0.303. The van der Waals surface area contributed by atoms with Gasteiger partial charge in [0.1, 0.15) is 5.75 Å². The van der Waals surface area contributed by atoms with Crippen molar-refractivity contribution in [2.45, 2.75) is 19.5 Å². The van der Waals surface area contributed by atoms with E-state index < -0.39 is 17.3 Å². The van der Waals surface area contributed by atoms with Gasteiger partial charge < -0.3 is 4.74 Å². The fraction of sp³-hybridized carbons (Fsp3) is 0.138. The number of nitriles is 1. The van der Waals surface area contributed by atoms with Crippen LogP contribution in [0.15, 0.2) is 77.6 Å². The lowest BCUT2D eigenvalue weighted by Gasteiger charge is -2.08. The lowest BCUT2D eigenvalue weighted by atomic mass is 10.1. The zero-order valence-corrected chi connectivity index (χ0v) is 20.8. The van der Waals surface area contributed by atoms with Crippen molar-refractivity contribution in [3.63, 3.8) is 0 Å². The molecule has 5 aromatic rings. The number of aromatic nitrogens is 3. The molecule has 0 fully saturated rings. The summed E-state index contributed by atoms with van der Waals surface area (Å²) in [5, 5.41) is 12.8. The van der Waals surface area contributed by atoms with Gasteiger partial charge in [0, 0.05) is 34.8 Å². The van der Waals surface area contributed by atoms with Gasteiger partial charge in [-0.15, -0.1) is 0 Å². The summed E-state index contributed by atoms with van der Waals surface area (Å²) in [6.07, 6.45) is -4.24. The maximum Gasteiger partial charge on any atom is 0.416 e. The third-order valence-corrected chi connectivity index (χ3v) is 6.60. The Labute approximate surface area is 220 Å². The van der Waals surface area contributed by atoms with E-state index in [1.54, 1.807) is 47.9 Å². The number of carbonyl (C=O) groups excluding carboxylic acids is 1. The normalized spacial score (nSPS) is 11.5. The molecule has 0 atom stereocenters.